The van der Waals surface area contributed by atoms with Gasteiger partial charge in [-0.2, -0.15) is 0 Å². The Morgan fingerprint density at radius 2 is 1.83 bits per heavy atom. The molecule has 0 aliphatic heterocycles. The van der Waals surface area contributed by atoms with E-state index >= 15 is 0 Å². The number of para-hydroxylation sites is 1. The predicted octanol–water partition coefficient (Wildman–Crippen LogP) is 4.72. The highest BCUT2D eigenvalue weighted by Gasteiger charge is 2.18. The number of hydrogen-bond donors (Lipinski definition) is 2. The Morgan fingerprint density at radius 1 is 1.00 bits per heavy atom. The average Bonchev–Trinajstić information content (AvgIpc) is 3.30. The minimum atomic E-state index is -0.326. The third kappa shape index (κ3) is 4.44. The first kappa shape index (κ1) is 23.3. The maximum atomic E-state index is 13.6. The highest BCUT2D eigenvalue weighted by Crippen LogP contribution is 2.33. The molecule has 0 amide bonds. The van der Waals surface area contributed by atoms with Crippen LogP contribution < -0.4 is 14.8 Å². The zero-order valence-electron chi connectivity index (χ0n) is 19.8. The molecule has 0 saturated carbocycles. The van der Waals surface area contributed by atoms with Crippen molar-refractivity contribution in [2.24, 2.45) is 0 Å². The van der Waals surface area contributed by atoms with Crippen LogP contribution in [0.15, 0.2) is 73.1 Å². The van der Waals surface area contributed by atoms with Crippen LogP contribution >= 0.6 is 0 Å². The maximum Gasteiger partial charge on any atom is 0.223 e. The number of aliphatic hydroxyl groups is 1. The fourth-order valence-corrected chi connectivity index (χ4v) is 4.08. The summed E-state index contributed by atoms with van der Waals surface area (Å²) >= 11 is 0. The Hall–Kier alpha value is -4.50. The van der Waals surface area contributed by atoms with E-state index < -0.39 is 0 Å². The predicted molar refractivity (Wildman–Crippen MR) is 134 cm³/mol. The van der Waals surface area contributed by atoms with Gasteiger partial charge in [0.2, 0.25) is 5.95 Å². The zero-order chi connectivity index (χ0) is 25.1. The van der Waals surface area contributed by atoms with E-state index in [1.807, 2.05) is 40.9 Å². The van der Waals surface area contributed by atoms with E-state index in [0.29, 0.717) is 41.0 Å². The van der Waals surface area contributed by atoms with Crippen molar-refractivity contribution in [3.63, 3.8) is 0 Å². The number of ether oxygens (including phenoxy) is 2. The van der Waals surface area contributed by atoms with Crippen molar-refractivity contribution in [1.29, 1.82) is 0 Å². The molecule has 8 nitrogen and oxygen atoms in total. The van der Waals surface area contributed by atoms with Crippen molar-refractivity contribution in [3.8, 4) is 34.1 Å². The Kier molecular flexibility index (Phi) is 6.46. The SMILES string of the molecule is COc1cccc(CNc2nccc(-c3c(-c4ccc(F)cc4)nc4cc(CO)ccn34)n2)c1OC. The summed E-state index contributed by atoms with van der Waals surface area (Å²) in [6, 6.07) is 17.3. The number of rotatable bonds is 8. The molecule has 0 aliphatic rings. The Morgan fingerprint density at radius 3 is 2.58 bits per heavy atom. The van der Waals surface area contributed by atoms with Crippen molar-refractivity contribution in [1.82, 2.24) is 19.4 Å². The second-order valence-electron chi connectivity index (χ2n) is 8.01. The Balaban J connectivity index is 1.55. The van der Waals surface area contributed by atoms with Gasteiger partial charge in [0.05, 0.1) is 37.9 Å². The van der Waals surface area contributed by atoms with Crippen LogP contribution in [0.3, 0.4) is 0 Å². The summed E-state index contributed by atoms with van der Waals surface area (Å²) in [5, 5.41) is 12.8. The van der Waals surface area contributed by atoms with Crippen LogP contribution in [0.4, 0.5) is 10.3 Å². The lowest BCUT2D eigenvalue weighted by Gasteiger charge is -2.13. The normalized spacial score (nSPS) is 11.0. The molecule has 5 rings (SSSR count). The minimum Gasteiger partial charge on any atom is -0.493 e. The van der Waals surface area contributed by atoms with Gasteiger partial charge in [-0.3, -0.25) is 4.40 Å². The molecule has 0 spiro atoms. The number of halogens is 1. The average molecular weight is 486 g/mol. The standard InChI is InChI=1S/C27H24FN5O3/c1-35-22-5-3-4-19(26(22)36-2)15-30-27-29-12-10-21(31-27)25-24(18-6-8-20(28)9-7-18)32-23-14-17(16-34)11-13-33(23)25/h3-14,34H,15-16H2,1-2H3,(H,29,30,31). The van der Waals surface area contributed by atoms with Crippen LogP contribution in [0.25, 0.3) is 28.3 Å². The molecule has 2 aromatic carbocycles. The monoisotopic (exact) mass is 485 g/mol. The molecule has 0 atom stereocenters. The summed E-state index contributed by atoms with van der Waals surface area (Å²) in [5.41, 5.74) is 5.02. The first-order valence-corrected chi connectivity index (χ1v) is 11.3. The van der Waals surface area contributed by atoms with Crippen LogP contribution in [0, 0.1) is 5.82 Å². The van der Waals surface area contributed by atoms with Crippen molar-refractivity contribution in [2.45, 2.75) is 13.2 Å². The van der Waals surface area contributed by atoms with Crippen molar-refractivity contribution in [3.05, 3.63) is 90.0 Å². The number of methoxy groups -OCH3 is 2. The van der Waals surface area contributed by atoms with Gasteiger partial charge in [0, 0.05) is 30.1 Å². The molecule has 36 heavy (non-hydrogen) atoms. The Labute approximate surface area is 207 Å². The maximum absolute atomic E-state index is 13.6. The molecule has 0 saturated heterocycles. The number of fused-ring (bicyclic) bond motifs is 1. The van der Waals surface area contributed by atoms with E-state index in [0.717, 1.165) is 22.4 Å². The summed E-state index contributed by atoms with van der Waals surface area (Å²) in [6.45, 7) is 0.321. The number of nitrogens with zero attached hydrogens (tertiary/aromatic N) is 4. The molecule has 0 unspecified atom stereocenters. The number of aliphatic hydroxyl groups excluding tert-OH is 1. The molecule has 3 heterocycles. The second-order valence-corrected chi connectivity index (χ2v) is 8.01. The smallest absolute Gasteiger partial charge is 0.223 e. The number of anilines is 1. The second kappa shape index (κ2) is 10.0. The first-order chi connectivity index (χ1) is 17.6. The Bertz CT molecular complexity index is 1520. The number of pyridine rings is 1. The molecule has 2 N–H and O–H groups in total. The summed E-state index contributed by atoms with van der Waals surface area (Å²) in [5.74, 6) is 1.38. The van der Waals surface area contributed by atoms with E-state index in [4.69, 9.17) is 19.4 Å². The van der Waals surface area contributed by atoms with Crippen LogP contribution in [-0.4, -0.2) is 38.7 Å². The number of aromatic nitrogens is 4. The highest BCUT2D eigenvalue weighted by molar-refractivity contribution is 5.80. The van der Waals surface area contributed by atoms with Gasteiger partial charge in [0.15, 0.2) is 11.5 Å². The van der Waals surface area contributed by atoms with E-state index in [-0.39, 0.29) is 12.4 Å². The van der Waals surface area contributed by atoms with Crippen LogP contribution in [0.5, 0.6) is 11.5 Å². The molecular weight excluding hydrogens is 461 g/mol. The molecular formula is C27H24FN5O3. The van der Waals surface area contributed by atoms with Gasteiger partial charge in [-0.1, -0.05) is 12.1 Å². The van der Waals surface area contributed by atoms with E-state index in [1.165, 1.54) is 12.1 Å². The third-order valence-corrected chi connectivity index (χ3v) is 5.81. The first-order valence-electron chi connectivity index (χ1n) is 11.3. The van der Waals surface area contributed by atoms with E-state index in [9.17, 15) is 9.50 Å². The third-order valence-electron chi connectivity index (χ3n) is 5.81. The lowest BCUT2D eigenvalue weighted by atomic mass is 10.1. The molecule has 182 valence electrons. The van der Waals surface area contributed by atoms with Crippen LogP contribution in [0.1, 0.15) is 11.1 Å². The number of benzene rings is 2. The van der Waals surface area contributed by atoms with E-state index in [1.54, 1.807) is 38.6 Å². The fourth-order valence-electron chi connectivity index (χ4n) is 4.08. The highest BCUT2D eigenvalue weighted by atomic mass is 19.1. The number of nitrogens with one attached hydrogen (secondary N) is 1. The lowest BCUT2D eigenvalue weighted by Crippen LogP contribution is -2.06. The molecule has 0 radical (unpaired) electrons. The zero-order valence-corrected chi connectivity index (χ0v) is 19.8. The van der Waals surface area contributed by atoms with Gasteiger partial charge >= 0.3 is 0 Å². The largest absolute Gasteiger partial charge is 0.493 e. The summed E-state index contributed by atoms with van der Waals surface area (Å²) < 4.78 is 26.4. The fraction of sp³-hybridized carbons (Fsp3) is 0.148. The van der Waals surface area contributed by atoms with Gasteiger partial charge < -0.3 is 19.9 Å². The lowest BCUT2D eigenvalue weighted by molar-refractivity contribution is 0.282. The van der Waals surface area contributed by atoms with E-state index in [2.05, 4.69) is 10.3 Å². The summed E-state index contributed by atoms with van der Waals surface area (Å²) in [6.07, 6.45) is 3.51. The molecule has 5 aromatic rings. The van der Waals surface area contributed by atoms with Crippen LogP contribution in [-0.2, 0) is 13.2 Å². The van der Waals surface area contributed by atoms with Crippen LogP contribution in [0.2, 0.25) is 0 Å². The number of hydrogen-bond acceptors (Lipinski definition) is 7. The molecule has 9 heteroatoms. The van der Waals surface area contributed by atoms with Gasteiger partial charge in [-0.05, 0) is 54.1 Å². The molecule has 0 aliphatic carbocycles. The minimum absolute atomic E-state index is 0.0973. The summed E-state index contributed by atoms with van der Waals surface area (Å²) in [7, 11) is 3.20. The quantitative estimate of drug-likeness (QED) is 0.329. The van der Waals surface area contributed by atoms with Crippen molar-refractivity contribution < 1.29 is 19.0 Å². The number of imidazole rings is 1. The van der Waals surface area contributed by atoms with Gasteiger partial charge in [0.25, 0.3) is 0 Å². The summed E-state index contributed by atoms with van der Waals surface area (Å²) in [4.78, 5) is 13.9. The van der Waals surface area contributed by atoms with Crippen molar-refractivity contribution >= 4 is 11.6 Å². The van der Waals surface area contributed by atoms with Crippen molar-refractivity contribution in [2.75, 3.05) is 19.5 Å². The molecule has 3 aromatic heterocycles. The topological polar surface area (TPSA) is 93.8 Å². The van der Waals surface area contributed by atoms with Gasteiger partial charge in [-0.15, -0.1) is 0 Å². The molecule has 0 fully saturated rings. The molecule has 0 bridgehead atoms. The van der Waals surface area contributed by atoms with Gasteiger partial charge in [0.1, 0.15) is 11.5 Å². The van der Waals surface area contributed by atoms with Gasteiger partial charge in [-0.25, -0.2) is 19.3 Å².